The molecule has 5 saturated carbocycles. The van der Waals surface area contributed by atoms with E-state index in [-0.39, 0.29) is 64.9 Å². The molecule has 10 rings (SSSR count). The Morgan fingerprint density at radius 1 is 0.730 bits per heavy atom. The Morgan fingerprint density at radius 3 is 2.19 bits per heavy atom. The standard InChI is InChI=1S/C46H70O17/c1-19-8-13-45-15-14-44(7)43(6)12-9-23-41(3,4)25(10-11-42(23,5)35(43)34-36(60-34)46(44,24(45)16-19)63-40(45)55)59-37-31(54)32(21(48)18-56-37)61-39-33(29(52)27(50)22(17-47)58-39)62-38-30(53)28(51)26(49)20(2)57-38/h20-39,47-54H,1,8-18H2,2-7H3/t20-,21+,22+,23-,24+,25-,26-,27+,28+,29-,30+,31+,32-,33+,34-,35+,36-,37-,38-,39-,42-,43+,44-,45-,46+/m0/s1. The number of carbonyl (C=O) groups is 1. The Kier molecular flexibility index (Phi) is 10.8. The maximum atomic E-state index is 14.0. The van der Waals surface area contributed by atoms with Crippen molar-refractivity contribution in [2.45, 2.75) is 209 Å². The summed E-state index contributed by atoms with van der Waals surface area (Å²) in [4.78, 5) is 14.0. The van der Waals surface area contributed by atoms with Crippen LogP contribution in [0, 0.1) is 44.8 Å². The number of fused-ring (bicyclic) bond motifs is 6. The molecule has 0 aromatic heterocycles. The number of hydrogen-bond acceptors (Lipinski definition) is 17. The minimum atomic E-state index is -1.78. The van der Waals surface area contributed by atoms with E-state index in [1.54, 1.807) is 0 Å². The molecule has 0 radical (unpaired) electrons. The summed E-state index contributed by atoms with van der Waals surface area (Å²) in [6, 6.07) is 0. The minimum absolute atomic E-state index is 0.0260. The van der Waals surface area contributed by atoms with E-state index in [1.165, 1.54) is 12.5 Å². The van der Waals surface area contributed by atoms with Crippen LogP contribution in [0.5, 0.6) is 0 Å². The van der Waals surface area contributed by atoms with Gasteiger partial charge in [0.2, 0.25) is 0 Å². The molecule has 5 heterocycles. The molecule has 17 heteroatoms. The predicted molar refractivity (Wildman–Crippen MR) is 216 cm³/mol. The highest BCUT2D eigenvalue weighted by molar-refractivity contribution is 5.82. The summed E-state index contributed by atoms with van der Waals surface area (Å²) < 4.78 is 49.9. The van der Waals surface area contributed by atoms with Gasteiger partial charge in [0.25, 0.3) is 0 Å². The topological polar surface area (TPSA) is 256 Å². The molecule has 17 nitrogen and oxygen atoms in total. The number of ether oxygens (including phenoxy) is 8. The maximum Gasteiger partial charge on any atom is 0.313 e. The number of rotatable bonds is 7. The smallest absolute Gasteiger partial charge is 0.313 e. The van der Waals surface area contributed by atoms with Crippen LogP contribution in [0.15, 0.2) is 12.2 Å². The molecule has 0 amide bonds. The van der Waals surface area contributed by atoms with Gasteiger partial charge in [-0.05, 0) is 92.8 Å². The summed E-state index contributed by atoms with van der Waals surface area (Å²) >= 11 is 0. The molecule has 2 bridgehead atoms. The quantitative estimate of drug-likeness (QED) is 0.0752. The van der Waals surface area contributed by atoms with E-state index in [4.69, 9.17) is 37.9 Å². The molecular weight excluding hydrogens is 824 g/mol. The molecule has 5 saturated heterocycles. The van der Waals surface area contributed by atoms with Gasteiger partial charge in [-0.25, -0.2) is 0 Å². The number of allylic oxidation sites excluding steroid dienone is 1. The van der Waals surface area contributed by atoms with Crippen LogP contribution in [0.1, 0.15) is 99.3 Å². The van der Waals surface area contributed by atoms with Crippen molar-refractivity contribution in [3.05, 3.63) is 12.2 Å². The highest BCUT2D eigenvalue weighted by Crippen LogP contribution is 2.83. The monoisotopic (exact) mass is 894 g/mol. The van der Waals surface area contributed by atoms with Crippen LogP contribution < -0.4 is 0 Å². The normalized spacial score (nSPS) is 59.3. The molecule has 5 aliphatic carbocycles. The first kappa shape index (κ1) is 45.4. The van der Waals surface area contributed by atoms with Gasteiger partial charge in [-0.1, -0.05) is 46.8 Å². The molecule has 25 atom stereocenters. The number of epoxide rings is 1. The minimum Gasteiger partial charge on any atom is -0.455 e. The number of hydrogen-bond donors (Lipinski definition) is 8. The van der Waals surface area contributed by atoms with E-state index in [9.17, 15) is 45.6 Å². The zero-order valence-corrected chi connectivity index (χ0v) is 37.3. The summed E-state index contributed by atoms with van der Waals surface area (Å²) in [5.74, 6) is 0.461. The van der Waals surface area contributed by atoms with Crippen LogP contribution in [-0.2, 0) is 42.7 Å². The lowest BCUT2D eigenvalue weighted by atomic mass is 9.31. The van der Waals surface area contributed by atoms with Gasteiger partial charge >= 0.3 is 5.97 Å². The van der Waals surface area contributed by atoms with Gasteiger partial charge in [-0.2, -0.15) is 0 Å². The number of esters is 1. The van der Waals surface area contributed by atoms with E-state index in [1.807, 2.05) is 0 Å². The van der Waals surface area contributed by atoms with Crippen LogP contribution in [0.2, 0.25) is 0 Å². The predicted octanol–water partition coefficient (Wildman–Crippen LogP) is 0.565. The van der Waals surface area contributed by atoms with Crippen LogP contribution in [0.3, 0.4) is 0 Å². The second-order valence-electron chi connectivity index (χ2n) is 22.5. The van der Waals surface area contributed by atoms with Crippen molar-refractivity contribution in [1.82, 2.24) is 0 Å². The molecular formula is C46H70O17. The van der Waals surface area contributed by atoms with Crippen LogP contribution in [0.25, 0.3) is 0 Å². The molecule has 10 fully saturated rings. The highest BCUT2D eigenvalue weighted by Gasteiger charge is 2.89. The highest BCUT2D eigenvalue weighted by atomic mass is 16.8. The molecule has 63 heavy (non-hydrogen) atoms. The lowest BCUT2D eigenvalue weighted by Gasteiger charge is -2.72. The third-order valence-electron chi connectivity index (χ3n) is 19.5. The third kappa shape index (κ3) is 6.04. The van der Waals surface area contributed by atoms with E-state index >= 15 is 0 Å². The molecule has 0 aromatic rings. The van der Waals surface area contributed by atoms with Gasteiger partial charge in [-0.15, -0.1) is 0 Å². The molecule has 1 spiro atoms. The summed E-state index contributed by atoms with van der Waals surface area (Å²) in [6.45, 7) is 16.6. The van der Waals surface area contributed by atoms with E-state index in [2.05, 4.69) is 41.2 Å². The Morgan fingerprint density at radius 2 is 1.46 bits per heavy atom. The van der Waals surface area contributed by atoms with Gasteiger partial charge in [-0.3, -0.25) is 4.79 Å². The first-order valence-electron chi connectivity index (χ1n) is 23.4. The lowest BCUT2D eigenvalue weighted by Crippen LogP contribution is -2.74. The molecule has 356 valence electrons. The summed E-state index contributed by atoms with van der Waals surface area (Å²) in [5.41, 5.74) is -0.925. The Hall–Kier alpha value is -1.39. The summed E-state index contributed by atoms with van der Waals surface area (Å²) in [7, 11) is 0. The number of aliphatic hydroxyl groups excluding tert-OH is 8. The lowest BCUT2D eigenvalue weighted by molar-refractivity contribution is -0.385. The van der Waals surface area contributed by atoms with Crippen molar-refractivity contribution >= 4 is 5.97 Å². The van der Waals surface area contributed by atoms with Crippen LogP contribution >= 0.6 is 0 Å². The van der Waals surface area contributed by atoms with E-state index < -0.39 is 109 Å². The first-order valence-corrected chi connectivity index (χ1v) is 23.4. The van der Waals surface area contributed by atoms with Gasteiger partial charge < -0.3 is 78.7 Å². The average Bonchev–Trinajstić information content (AvgIpc) is 3.99. The number of aliphatic hydroxyl groups is 8. The van der Waals surface area contributed by atoms with E-state index in [0.717, 1.165) is 51.4 Å². The van der Waals surface area contributed by atoms with Gasteiger partial charge in [0.1, 0.15) is 67.1 Å². The van der Waals surface area contributed by atoms with Crippen molar-refractivity contribution in [3.63, 3.8) is 0 Å². The molecule has 0 unspecified atom stereocenters. The van der Waals surface area contributed by atoms with Crippen LogP contribution in [0.4, 0.5) is 0 Å². The zero-order chi connectivity index (χ0) is 45.1. The van der Waals surface area contributed by atoms with E-state index in [0.29, 0.717) is 6.42 Å². The second-order valence-corrected chi connectivity index (χ2v) is 22.5. The maximum absolute atomic E-state index is 14.0. The summed E-state index contributed by atoms with van der Waals surface area (Å²) in [6.07, 6.45) is -14.2. The van der Waals surface area contributed by atoms with Gasteiger partial charge in [0.05, 0.1) is 36.9 Å². The molecule has 10 aliphatic rings. The van der Waals surface area contributed by atoms with Crippen molar-refractivity contribution in [2.75, 3.05) is 13.2 Å². The largest absolute Gasteiger partial charge is 0.455 e. The fourth-order valence-electron chi connectivity index (χ4n) is 15.9. The van der Waals surface area contributed by atoms with Crippen molar-refractivity contribution < 1.29 is 83.5 Å². The first-order chi connectivity index (χ1) is 29.6. The Labute approximate surface area is 368 Å². The van der Waals surface area contributed by atoms with Crippen molar-refractivity contribution in [2.24, 2.45) is 44.8 Å². The second kappa shape index (κ2) is 15.1. The van der Waals surface area contributed by atoms with Crippen molar-refractivity contribution in [3.8, 4) is 0 Å². The Bertz CT molecular complexity index is 1820. The van der Waals surface area contributed by atoms with Crippen LogP contribution in [-0.4, -0.2) is 170 Å². The SMILES string of the molecule is C=C1CC[C@@]23CC[C@]4(C)[C@@](OC2=O)([C@@H]3C1)[C@H]1O[C@H]1[C@@H]1[C@@]2(C)CC[C@H](O[C@@H]3OC[C@@H](O)[C@H](O[C@@H]5O[C@H](CO)[C@@H](O)[C@H](O)[C@H]5O[C@@H]5O[C@@H](C)[C@H](O)[C@@H](O)[C@H]5O)[C@H]3O)C(C)(C)[C@@H]2CC[C@]14C. The zero-order valence-electron chi connectivity index (χ0n) is 37.3. The van der Waals surface area contributed by atoms with Gasteiger partial charge in [0, 0.05) is 11.3 Å². The molecule has 5 aliphatic heterocycles. The molecule has 8 N–H and O–H groups in total. The number of carbonyl (C=O) groups excluding carboxylic acids is 1. The Balaban J connectivity index is 0.865. The fourth-order valence-corrected chi connectivity index (χ4v) is 15.9. The van der Waals surface area contributed by atoms with Crippen molar-refractivity contribution in [1.29, 1.82) is 0 Å². The molecule has 0 aromatic carbocycles. The third-order valence-corrected chi connectivity index (χ3v) is 19.5. The summed E-state index contributed by atoms with van der Waals surface area (Å²) in [5, 5.41) is 86.2. The average molecular weight is 895 g/mol. The fraction of sp³-hybridized carbons (Fsp3) is 0.935. The van der Waals surface area contributed by atoms with Gasteiger partial charge in [0.15, 0.2) is 24.5 Å².